The van der Waals surface area contributed by atoms with E-state index in [-0.39, 0.29) is 5.60 Å². The van der Waals surface area contributed by atoms with Crippen molar-refractivity contribution in [1.82, 2.24) is 19.6 Å². The van der Waals surface area contributed by atoms with Crippen LogP contribution in [0.1, 0.15) is 37.3 Å². The maximum absolute atomic E-state index is 6.34. The van der Waals surface area contributed by atoms with Crippen molar-refractivity contribution in [2.75, 3.05) is 38.2 Å². The van der Waals surface area contributed by atoms with Gasteiger partial charge in [-0.25, -0.2) is 4.98 Å². The molecule has 1 saturated carbocycles. The number of fused-ring (bicyclic) bond motifs is 1. The molecule has 2 fully saturated rings. The van der Waals surface area contributed by atoms with Crippen molar-refractivity contribution in [1.29, 1.82) is 0 Å². The molecule has 1 spiro atoms. The lowest BCUT2D eigenvalue weighted by atomic mass is 9.80. The number of rotatable bonds is 14. The molecule has 246 valence electrons. The average molecular weight is 658 g/mol. The summed E-state index contributed by atoms with van der Waals surface area (Å²) in [6.45, 7) is 17.6. The fraction of sp³-hybridized carbons (Fsp3) is 0.528. The topological polar surface area (TPSA) is 77.3 Å². The molecule has 3 aromatic heterocycles. The Morgan fingerprint density at radius 2 is 1.52 bits per heavy atom. The molecule has 46 heavy (non-hydrogen) atoms. The Labute approximate surface area is 276 Å². The van der Waals surface area contributed by atoms with E-state index in [9.17, 15) is 0 Å². The van der Waals surface area contributed by atoms with Crippen LogP contribution in [0.4, 0.5) is 5.82 Å². The molecule has 1 aliphatic carbocycles. The van der Waals surface area contributed by atoms with Crippen molar-refractivity contribution in [2.24, 2.45) is 0 Å². The summed E-state index contributed by atoms with van der Waals surface area (Å²) in [6, 6.07) is 19.0. The number of pyridine rings is 1. The van der Waals surface area contributed by atoms with Crippen LogP contribution in [0.5, 0.6) is 0 Å². The maximum atomic E-state index is 6.34. The van der Waals surface area contributed by atoms with Crippen LogP contribution in [-0.4, -0.2) is 74.6 Å². The number of ether oxygens (including phenoxy) is 3. The lowest BCUT2D eigenvalue weighted by Gasteiger charge is -2.29. The second-order valence-corrected chi connectivity index (χ2v) is 26.9. The van der Waals surface area contributed by atoms with Crippen molar-refractivity contribution in [3.05, 3.63) is 66.6 Å². The molecule has 4 aromatic rings. The molecule has 0 N–H and O–H groups in total. The zero-order valence-electron chi connectivity index (χ0n) is 28.6. The number of nitrogens with zero attached hydrogens (tertiary/aromatic N) is 5. The third kappa shape index (κ3) is 8.33. The average Bonchev–Trinajstić information content (AvgIpc) is 3.64. The third-order valence-electron chi connectivity index (χ3n) is 9.30. The number of benzene rings is 1. The molecule has 10 heteroatoms. The molecule has 0 atom stereocenters. The second kappa shape index (κ2) is 13.7. The van der Waals surface area contributed by atoms with Gasteiger partial charge in [0, 0.05) is 69.9 Å². The number of hydrogen-bond acceptors (Lipinski definition) is 7. The highest BCUT2D eigenvalue weighted by Gasteiger charge is 2.47. The first-order chi connectivity index (χ1) is 22.0. The number of hydrogen-bond donors (Lipinski definition) is 0. The summed E-state index contributed by atoms with van der Waals surface area (Å²) in [6.07, 6.45) is 8.23. The molecule has 1 saturated heterocycles. The first-order valence-electron chi connectivity index (χ1n) is 16.9. The minimum atomic E-state index is -1.22. The van der Waals surface area contributed by atoms with Gasteiger partial charge in [0.1, 0.15) is 19.3 Å². The van der Waals surface area contributed by atoms with Crippen LogP contribution in [0.15, 0.2) is 60.9 Å². The Bertz CT molecular complexity index is 1560. The summed E-state index contributed by atoms with van der Waals surface area (Å²) in [7, 11) is -2.43. The van der Waals surface area contributed by atoms with Gasteiger partial charge < -0.3 is 19.1 Å². The number of anilines is 1. The molecule has 6 rings (SSSR count). The van der Waals surface area contributed by atoms with Crippen LogP contribution in [-0.2, 0) is 14.2 Å². The zero-order valence-corrected chi connectivity index (χ0v) is 30.6. The smallest absolute Gasteiger partial charge is 0.165 e. The number of epoxide rings is 1. The van der Waals surface area contributed by atoms with Gasteiger partial charge in [-0.3, -0.25) is 4.98 Å². The van der Waals surface area contributed by atoms with E-state index in [2.05, 4.69) is 74.5 Å². The Kier molecular flexibility index (Phi) is 9.82. The van der Waals surface area contributed by atoms with Crippen LogP contribution >= 0.6 is 0 Å². The Hall–Kier alpha value is -2.90. The minimum absolute atomic E-state index is 0.137. The number of aromatic nitrogens is 4. The van der Waals surface area contributed by atoms with Gasteiger partial charge in [0.2, 0.25) is 0 Å². The fourth-order valence-electron chi connectivity index (χ4n) is 6.04. The minimum Gasteiger partial charge on any atom is -0.370 e. The monoisotopic (exact) mass is 657 g/mol. The Morgan fingerprint density at radius 1 is 0.870 bits per heavy atom. The normalized spacial score (nSPS) is 20.0. The lowest BCUT2D eigenvalue weighted by Crippen LogP contribution is -2.33. The molecule has 2 aliphatic rings. The van der Waals surface area contributed by atoms with Gasteiger partial charge in [0.05, 0.1) is 24.1 Å². The third-order valence-corrected chi connectivity index (χ3v) is 12.7. The van der Waals surface area contributed by atoms with E-state index in [1.807, 2.05) is 35.1 Å². The summed E-state index contributed by atoms with van der Waals surface area (Å²) in [5.41, 5.74) is 6.13. The van der Waals surface area contributed by atoms with E-state index in [0.29, 0.717) is 19.4 Å². The molecule has 0 bridgehead atoms. The Morgan fingerprint density at radius 3 is 2.09 bits per heavy atom. The van der Waals surface area contributed by atoms with E-state index in [0.717, 1.165) is 97.1 Å². The quantitative estimate of drug-likeness (QED) is 0.0584. The largest absolute Gasteiger partial charge is 0.370 e. The standard InChI is InChI=1S/C36H51N5O3Si2/c1-45(2,3)20-18-42-26-40(27-43-19-21-46(4,5)6)34-22-33(29-14-16-36(17-15-29)25-44-36)39-35-31(24-38-41(34)35)30-12-13-32(37-23-30)28-10-8-7-9-11-28/h7-13,22-24,29H,14-21,25-27H2,1-6H3. The maximum Gasteiger partial charge on any atom is 0.165 e. The van der Waals surface area contributed by atoms with Gasteiger partial charge in [-0.1, -0.05) is 75.7 Å². The van der Waals surface area contributed by atoms with E-state index >= 15 is 0 Å². The van der Waals surface area contributed by atoms with E-state index in [4.69, 9.17) is 29.3 Å². The summed E-state index contributed by atoms with van der Waals surface area (Å²) in [4.78, 5) is 12.3. The highest BCUT2D eigenvalue weighted by atomic mass is 28.3. The van der Waals surface area contributed by atoms with Crippen LogP contribution in [0.2, 0.25) is 51.4 Å². The van der Waals surface area contributed by atoms with Crippen LogP contribution in [0.25, 0.3) is 28.0 Å². The summed E-state index contributed by atoms with van der Waals surface area (Å²) < 4.78 is 20.5. The summed E-state index contributed by atoms with van der Waals surface area (Å²) in [5.74, 6) is 1.34. The van der Waals surface area contributed by atoms with E-state index in [1.165, 1.54) is 0 Å². The lowest BCUT2D eigenvalue weighted by molar-refractivity contribution is 0.0942. The Balaban J connectivity index is 1.34. The molecule has 1 aliphatic heterocycles. The SMILES string of the molecule is C[Si](C)(C)CCOCN(COCC[Si](C)(C)C)c1cc(C2CCC3(CC2)CO3)nc2c(-c3ccc(-c4ccccc4)nc3)cnn12. The molecule has 4 heterocycles. The van der Waals surface area contributed by atoms with Crippen molar-refractivity contribution < 1.29 is 14.2 Å². The van der Waals surface area contributed by atoms with E-state index < -0.39 is 16.1 Å². The predicted octanol–water partition coefficient (Wildman–Crippen LogP) is 8.32. The van der Waals surface area contributed by atoms with Crippen LogP contribution < -0.4 is 4.90 Å². The van der Waals surface area contributed by atoms with Gasteiger partial charge in [-0.2, -0.15) is 9.61 Å². The zero-order chi connectivity index (χ0) is 32.4. The van der Waals surface area contributed by atoms with Gasteiger partial charge in [0.25, 0.3) is 0 Å². The molecular formula is C36H51N5O3Si2. The summed E-state index contributed by atoms with van der Waals surface area (Å²) >= 11 is 0. The van der Waals surface area contributed by atoms with Crippen molar-refractivity contribution in [2.45, 2.75) is 88.6 Å². The van der Waals surface area contributed by atoms with Gasteiger partial charge in [-0.05, 0) is 43.8 Å². The summed E-state index contributed by atoms with van der Waals surface area (Å²) in [5, 5.41) is 4.92. The molecule has 0 unspecified atom stereocenters. The van der Waals surface area contributed by atoms with Crippen molar-refractivity contribution >= 4 is 27.6 Å². The molecule has 0 amide bonds. The highest BCUT2D eigenvalue weighted by Crippen LogP contribution is 2.47. The van der Waals surface area contributed by atoms with E-state index in [1.54, 1.807) is 0 Å². The first-order valence-corrected chi connectivity index (χ1v) is 24.4. The van der Waals surface area contributed by atoms with Gasteiger partial charge in [-0.15, -0.1) is 0 Å². The highest BCUT2D eigenvalue weighted by molar-refractivity contribution is 6.76. The van der Waals surface area contributed by atoms with Gasteiger partial charge in [0.15, 0.2) is 5.65 Å². The van der Waals surface area contributed by atoms with Crippen LogP contribution in [0.3, 0.4) is 0 Å². The van der Waals surface area contributed by atoms with Crippen LogP contribution in [0, 0.1) is 0 Å². The molecule has 1 aromatic carbocycles. The predicted molar refractivity (Wildman–Crippen MR) is 192 cm³/mol. The first kappa shape index (κ1) is 33.0. The second-order valence-electron chi connectivity index (χ2n) is 15.6. The molecule has 0 radical (unpaired) electrons. The van der Waals surface area contributed by atoms with Crippen molar-refractivity contribution in [3.63, 3.8) is 0 Å². The molecular weight excluding hydrogens is 607 g/mol. The fourth-order valence-corrected chi connectivity index (χ4v) is 7.56. The van der Waals surface area contributed by atoms with Gasteiger partial charge >= 0.3 is 0 Å². The van der Waals surface area contributed by atoms with Crippen molar-refractivity contribution in [3.8, 4) is 22.4 Å². The molecule has 8 nitrogen and oxygen atoms in total.